The first-order valence-electron chi connectivity index (χ1n) is 7.93. The normalized spacial score (nSPS) is 10.7. The first-order valence-corrected chi connectivity index (χ1v) is 7.93. The van der Waals surface area contributed by atoms with Crippen molar-refractivity contribution in [2.24, 2.45) is 0 Å². The predicted octanol–water partition coefficient (Wildman–Crippen LogP) is 4.82. The van der Waals surface area contributed by atoms with E-state index in [0.29, 0.717) is 0 Å². The molecule has 4 heteroatoms. The molecule has 4 rings (SSSR count). The molecule has 2 heterocycles. The third kappa shape index (κ3) is 2.85. The number of pyridine rings is 1. The van der Waals surface area contributed by atoms with Gasteiger partial charge >= 0.3 is 0 Å². The highest BCUT2D eigenvalue weighted by molar-refractivity contribution is 5.86. The summed E-state index contributed by atoms with van der Waals surface area (Å²) in [5.74, 6) is -0.280. The second-order valence-electron chi connectivity index (χ2n) is 5.78. The highest BCUT2D eigenvalue weighted by atomic mass is 16.3. The van der Waals surface area contributed by atoms with Gasteiger partial charge in [-0.05, 0) is 47.5 Å². The van der Waals surface area contributed by atoms with E-state index in [2.05, 4.69) is 16.0 Å². The fourth-order valence-corrected chi connectivity index (χ4v) is 2.89. The average molecular weight is 328 g/mol. The molecule has 0 saturated heterocycles. The van der Waals surface area contributed by atoms with E-state index < -0.39 is 0 Å². The van der Waals surface area contributed by atoms with Crippen LogP contribution in [0.4, 0.5) is 0 Å². The topological polar surface area (TPSA) is 69.1 Å². The summed E-state index contributed by atoms with van der Waals surface area (Å²) in [6.07, 6.45) is 3.51. The quantitative estimate of drug-likeness (QED) is 0.472. The Hall–Kier alpha value is -3.53. The smallest absolute Gasteiger partial charge is 0.158 e. The molecule has 0 aliphatic carbocycles. The van der Waals surface area contributed by atoms with Gasteiger partial charge in [0.1, 0.15) is 0 Å². The van der Waals surface area contributed by atoms with Crippen LogP contribution in [0.5, 0.6) is 11.5 Å². The molecule has 0 spiro atoms. The molecule has 0 fully saturated rings. The minimum absolute atomic E-state index is 0.135. The van der Waals surface area contributed by atoms with Crippen LogP contribution < -0.4 is 0 Å². The molecule has 0 saturated carbocycles. The molecule has 4 nitrogen and oxygen atoms in total. The lowest BCUT2D eigenvalue weighted by atomic mass is 10.0. The van der Waals surface area contributed by atoms with Crippen molar-refractivity contribution in [3.63, 3.8) is 0 Å². The van der Waals surface area contributed by atoms with E-state index in [1.807, 2.05) is 42.5 Å². The number of aromatic hydroxyl groups is 2. The van der Waals surface area contributed by atoms with Gasteiger partial charge in [-0.1, -0.05) is 30.3 Å². The number of hydrogen-bond acceptors (Lipinski definition) is 3. The van der Waals surface area contributed by atoms with Crippen molar-refractivity contribution < 1.29 is 10.2 Å². The highest BCUT2D eigenvalue weighted by Gasteiger charge is 2.14. The summed E-state index contributed by atoms with van der Waals surface area (Å²) in [4.78, 5) is 7.53. The van der Waals surface area contributed by atoms with E-state index in [9.17, 15) is 10.2 Å². The molecule has 4 aromatic rings. The fourth-order valence-electron chi connectivity index (χ4n) is 2.89. The molecule has 2 aromatic carbocycles. The zero-order valence-electron chi connectivity index (χ0n) is 13.3. The van der Waals surface area contributed by atoms with Crippen LogP contribution >= 0.6 is 0 Å². The molecule has 0 bridgehead atoms. The van der Waals surface area contributed by atoms with Gasteiger partial charge in [0.25, 0.3) is 0 Å². The van der Waals surface area contributed by atoms with E-state index in [1.165, 1.54) is 6.07 Å². The highest BCUT2D eigenvalue weighted by Crippen LogP contribution is 2.38. The van der Waals surface area contributed by atoms with Gasteiger partial charge < -0.3 is 15.2 Å². The van der Waals surface area contributed by atoms with E-state index in [4.69, 9.17) is 0 Å². The van der Waals surface area contributed by atoms with Crippen LogP contribution in [0.3, 0.4) is 0 Å². The average Bonchev–Trinajstić information content (AvgIpc) is 3.11. The number of phenols is 2. The minimum Gasteiger partial charge on any atom is -0.504 e. The first-order chi connectivity index (χ1) is 12.2. The third-order valence-corrected chi connectivity index (χ3v) is 4.16. The summed E-state index contributed by atoms with van der Waals surface area (Å²) in [5.41, 5.74) is 5.76. The SMILES string of the molecule is Oc1ccc(-c2[nH]c(-c3ccccc3)cc2-c2ccncc2)cc1O. The molecule has 0 radical (unpaired) electrons. The summed E-state index contributed by atoms with van der Waals surface area (Å²) < 4.78 is 0. The van der Waals surface area contributed by atoms with Crippen molar-refractivity contribution in [2.45, 2.75) is 0 Å². The minimum atomic E-state index is -0.144. The summed E-state index contributed by atoms with van der Waals surface area (Å²) >= 11 is 0. The Morgan fingerprint density at radius 1 is 0.680 bits per heavy atom. The van der Waals surface area contributed by atoms with Crippen molar-refractivity contribution in [3.05, 3.63) is 79.1 Å². The number of nitrogens with one attached hydrogen (secondary N) is 1. The predicted molar refractivity (Wildman–Crippen MR) is 98.2 cm³/mol. The van der Waals surface area contributed by atoms with Crippen molar-refractivity contribution in [3.8, 4) is 45.1 Å². The lowest BCUT2D eigenvalue weighted by molar-refractivity contribution is 0.404. The van der Waals surface area contributed by atoms with Crippen LogP contribution in [0.15, 0.2) is 79.1 Å². The van der Waals surface area contributed by atoms with Gasteiger partial charge in [0, 0.05) is 29.2 Å². The Morgan fingerprint density at radius 3 is 2.16 bits per heavy atom. The van der Waals surface area contributed by atoms with Crippen molar-refractivity contribution >= 4 is 0 Å². The maximum Gasteiger partial charge on any atom is 0.158 e. The van der Waals surface area contributed by atoms with E-state index in [1.54, 1.807) is 24.5 Å². The molecular formula is C21H16N2O2. The number of nitrogens with zero attached hydrogens (tertiary/aromatic N) is 1. The standard InChI is InChI=1S/C21H16N2O2/c24-19-7-6-16(12-20(19)25)21-17(14-8-10-22-11-9-14)13-18(23-21)15-4-2-1-3-5-15/h1-13,23-25H. The molecule has 0 amide bonds. The number of rotatable bonds is 3. The summed E-state index contributed by atoms with van der Waals surface area (Å²) in [7, 11) is 0. The molecule has 0 atom stereocenters. The van der Waals surface area contributed by atoms with E-state index in [-0.39, 0.29) is 11.5 Å². The number of phenolic OH excluding ortho intramolecular Hbond substituents is 2. The Balaban J connectivity index is 1.92. The second kappa shape index (κ2) is 6.17. The molecule has 2 aromatic heterocycles. The van der Waals surface area contributed by atoms with Crippen molar-refractivity contribution in [1.82, 2.24) is 9.97 Å². The van der Waals surface area contributed by atoms with E-state index >= 15 is 0 Å². The molecule has 3 N–H and O–H groups in total. The first kappa shape index (κ1) is 15.0. The number of hydrogen-bond donors (Lipinski definition) is 3. The second-order valence-corrected chi connectivity index (χ2v) is 5.78. The Morgan fingerprint density at radius 2 is 1.44 bits per heavy atom. The van der Waals surface area contributed by atoms with E-state index in [0.717, 1.165) is 33.6 Å². The number of aromatic nitrogens is 2. The zero-order chi connectivity index (χ0) is 17.2. The molecular weight excluding hydrogens is 312 g/mol. The Labute approximate surface area is 145 Å². The number of aromatic amines is 1. The van der Waals surface area contributed by atoms with Crippen LogP contribution in [0.1, 0.15) is 0 Å². The van der Waals surface area contributed by atoms with Crippen LogP contribution in [0.25, 0.3) is 33.6 Å². The lowest BCUT2D eigenvalue weighted by Crippen LogP contribution is -1.83. The van der Waals surface area contributed by atoms with Gasteiger partial charge in [0.05, 0.1) is 5.69 Å². The van der Waals surface area contributed by atoms with Crippen molar-refractivity contribution in [1.29, 1.82) is 0 Å². The van der Waals surface area contributed by atoms with Crippen LogP contribution in [0, 0.1) is 0 Å². The summed E-state index contributed by atoms with van der Waals surface area (Å²) in [5, 5.41) is 19.5. The lowest BCUT2D eigenvalue weighted by Gasteiger charge is -2.06. The maximum atomic E-state index is 9.87. The van der Waals surface area contributed by atoms with Crippen LogP contribution in [0.2, 0.25) is 0 Å². The van der Waals surface area contributed by atoms with Crippen LogP contribution in [-0.2, 0) is 0 Å². The molecule has 0 unspecified atom stereocenters. The molecule has 0 aliphatic rings. The van der Waals surface area contributed by atoms with Crippen molar-refractivity contribution in [2.75, 3.05) is 0 Å². The van der Waals surface area contributed by atoms with Gasteiger partial charge in [-0.3, -0.25) is 4.98 Å². The molecule has 122 valence electrons. The van der Waals surface area contributed by atoms with Gasteiger partial charge in [0.15, 0.2) is 11.5 Å². The van der Waals surface area contributed by atoms with Crippen LogP contribution in [-0.4, -0.2) is 20.2 Å². The zero-order valence-corrected chi connectivity index (χ0v) is 13.3. The monoisotopic (exact) mass is 328 g/mol. The Bertz CT molecular complexity index is 1010. The summed E-state index contributed by atoms with van der Waals surface area (Å²) in [6.45, 7) is 0. The van der Waals surface area contributed by atoms with Gasteiger partial charge in [-0.2, -0.15) is 0 Å². The van der Waals surface area contributed by atoms with Gasteiger partial charge in [-0.25, -0.2) is 0 Å². The molecule has 25 heavy (non-hydrogen) atoms. The van der Waals surface area contributed by atoms with Gasteiger partial charge in [-0.15, -0.1) is 0 Å². The third-order valence-electron chi connectivity index (χ3n) is 4.16. The molecule has 0 aliphatic heterocycles. The number of benzene rings is 2. The Kier molecular flexibility index (Phi) is 3.71. The van der Waals surface area contributed by atoms with Gasteiger partial charge in [0.2, 0.25) is 0 Å². The fraction of sp³-hybridized carbons (Fsp3) is 0. The number of H-pyrrole nitrogens is 1. The summed E-state index contributed by atoms with van der Waals surface area (Å²) in [6, 6.07) is 20.9. The largest absolute Gasteiger partial charge is 0.504 e. The maximum absolute atomic E-state index is 9.87.